The SMILES string of the molecule is Cc1nn(CC(=O)NC2CCCNC2=O)c(C)c1N. The monoisotopic (exact) mass is 265 g/mol. The number of amides is 2. The highest BCUT2D eigenvalue weighted by atomic mass is 16.2. The van der Waals surface area contributed by atoms with Crippen LogP contribution in [0.3, 0.4) is 0 Å². The van der Waals surface area contributed by atoms with Crippen molar-refractivity contribution in [1.82, 2.24) is 20.4 Å². The maximum absolute atomic E-state index is 11.9. The largest absolute Gasteiger partial charge is 0.396 e. The van der Waals surface area contributed by atoms with Crippen LogP contribution in [0.4, 0.5) is 5.69 Å². The lowest BCUT2D eigenvalue weighted by Crippen LogP contribution is -2.50. The van der Waals surface area contributed by atoms with Gasteiger partial charge in [0, 0.05) is 6.54 Å². The zero-order chi connectivity index (χ0) is 14.0. The maximum atomic E-state index is 11.9. The van der Waals surface area contributed by atoms with Gasteiger partial charge in [-0.25, -0.2) is 0 Å². The summed E-state index contributed by atoms with van der Waals surface area (Å²) in [6.07, 6.45) is 1.56. The van der Waals surface area contributed by atoms with Crippen LogP contribution in [0.5, 0.6) is 0 Å². The molecular weight excluding hydrogens is 246 g/mol. The lowest BCUT2D eigenvalue weighted by Gasteiger charge is -2.22. The second-order valence-electron chi connectivity index (χ2n) is 4.80. The fourth-order valence-electron chi connectivity index (χ4n) is 2.15. The van der Waals surface area contributed by atoms with Gasteiger partial charge in [0.15, 0.2) is 0 Å². The van der Waals surface area contributed by atoms with E-state index in [0.717, 1.165) is 12.1 Å². The van der Waals surface area contributed by atoms with Crippen molar-refractivity contribution in [1.29, 1.82) is 0 Å². The standard InChI is InChI=1S/C12H19N5O2/c1-7-11(13)8(2)17(16-7)6-10(18)15-9-4-3-5-14-12(9)19/h9H,3-6,13H2,1-2H3,(H,14,19)(H,15,18). The molecular formula is C12H19N5O2. The zero-order valence-corrected chi connectivity index (χ0v) is 11.2. The molecule has 2 rings (SSSR count). The number of nitrogens with zero attached hydrogens (tertiary/aromatic N) is 2. The molecule has 0 bridgehead atoms. The Morgan fingerprint density at radius 2 is 2.32 bits per heavy atom. The summed E-state index contributed by atoms with van der Waals surface area (Å²) >= 11 is 0. The number of carbonyl (C=O) groups is 2. The molecule has 0 aromatic carbocycles. The molecule has 1 aliphatic rings. The second-order valence-corrected chi connectivity index (χ2v) is 4.80. The Bertz CT molecular complexity index is 508. The van der Waals surface area contributed by atoms with Gasteiger partial charge in [-0.2, -0.15) is 5.10 Å². The molecule has 0 saturated carbocycles. The number of hydrogen-bond donors (Lipinski definition) is 3. The van der Waals surface area contributed by atoms with E-state index in [1.165, 1.54) is 0 Å². The molecule has 4 N–H and O–H groups in total. The van der Waals surface area contributed by atoms with Crippen molar-refractivity contribution in [3.63, 3.8) is 0 Å². The average molecular weight is 265 g/mol. The fraction of sp³-hybridized carbons (Fsp3) is 0.583. The molecule has 1 atom stereocenters. The molecule has 2 heterocycles. The molecule has 1 aliphatic heterocycles. The average Bonchev–Trinajstić information content (AvgIpc) is 2.60. The van der Waals surface area contributed by atoms with Crippen molar-refractivity contribution in [3.8, 4) is 0 Å². The molecule has 104 valence electrons. The van der Waals surface area contributed by atoms with Crippen LogP contribution >= 0.6 is 0 Å². The summed E-state index contributed by atoms with van der Waals surface area (Å²) in [5, 5.41) is 9.64. The molecule has 7 nitrogen and oxygen atoms in total. The molecule has 2 amide bonds. The van der Waals surface area contributed by atoms with Crippen LogP contribution in [0, 0.1) is 13.8 Å². The summed E-state index contributed by atoms with van der Waals surface area (Å²) in [5.41, 5.74) is 7.88. The Balaban J connectivity index is 1.97. The molecule has 1 unspecified atom stereocenters. The van der Waals surface area contributed by atoms with Crippen molar-refractivity contribution in [2.75, 3.05) is 12.3 Å². The number of carbonyl (C=O) groups excluding carboxylic acids is 2. The minimum atomic E-state index is -0.435. The summed E-state index contributed by atoms with van der Waals surface area (Å²) in [7, 11) is 0. The zero-order valence-electron chi connectivity index (χ0n) is 11.2. The number of nitrogens with one attached hydrogen (secondary N) is 2. The van der Waals surface area contributed by atoms with Gasteiger partial charge in [-0.3, -0.25) is 14.3 Å². The highest BCUT2D eigenvalue weighted by Crippen LogP contribution is 2.14. The fourth-order valence-corrected chi connectivity index (χ4v) is 2.15. The molecule has 19 heavy (non-hydrogen) atoms. The molecule has 1 aromatic rings. The van der Waals surface area contributed by atoms with E-state index in [9.17, 15) is 9.59 Å². The number of hydrogen-bond acceptors (Lipinski definition) is 4. The van der Waals surface area contributed by atoms with Crippen molar-refractivity contribution < 1.29 is 9.59 Å². The molecule has 1 aromatic heterocycles. The minimum absolute atomic E-state index is 0.0770. The van der Waals surface area contributed by atoms with Crippen LogP contribution in [0.25, 0.3) is 0 Å². The van der Waals surface area contributed by atoms with E-state index in [1.54, 1.807) is 11.6 Å². The van der Waals surface area contributed by atoms with E-state index in [0.29, 0.717) is 24.3 Å². The predicted molar refractivity (Wildman–Crippen MR) is 70.3 cm³/mol. The Hall–Kier alpha value is -2.05. The van der Waals surface area contributed by atoms with E-state index >= 15 is 0 Å². The number of aryl methyl sites for hydroxylation is 1. The Morgan fingerprint density at radius 1 is 1.58 bits per heavy atom. The van der Waals surface area contributed by atoms with E-state index in [2.05, 4.69) is 15.7 Å². The number of nitrogens with two attached hydrogens (primary N) is 1. The molecule has 1 fully saturated rings. The van der Waals surface area contributed by atoms with Crippen LogP contribution in [-0.2, 0) is 16.1 Å². The quantitative estimate of drug-likeness (QED) is 0.684. The van der Waals surface area contributed by atoms with Gasteiger partial charge in [0.2, 0.25) is 11.8 Å². The summed E-state index contributed by atoms with van der Waals surface area (Å²) in [6.45, 7) is 4.37. The van der Waals surface area contributed by atoms with E-state index in [4.69, 9.17) is 5.73 Å². The summed E-state index contributed by atoms with van der Waals surface area (Å²) < 4.78 is 1.56. The van der Waals surface area contributed by atoms with Gasteiger partial charge in [0.25, 0.3) is 0 Å². The van der Waals surface area contributed by atoms with Crippen LogP contribution < -0.4 is 16.4 Å². The lowest BCUT2D eigenvalue weighted by molar-refractivity contribution is -0.130. The molecule has 0 spiro atoms. The highest BCUT2D eigenvalue weighted by molar-refractivity contribution is 5.88. The third-order valence-electron chi connectivity index (χ3n) is 3.35. The predicted octanol–water partition coefficient (Wildman–Crippen LogP) is -0.523. The van der Waals surface area contributed by atoms with E-state index in [1.807, 2.05) is 6.92 Å². The normalized spacial score (nSPS) is 19.1. The minimum Gasteiger partial charge on any atom is -0.396 e. The maximum Gasteiger partial charge on any atom is 0.242 e. The van der Waals surface area contributed by atoms with Crippen molar-refractivity contribution in [2.24, 2.45) is 0 Å². The van der Waals surface area contributed by atoms with Crippen molar-refractivity contribution in [3.05, 3.63) is 11.4 Å². The molecule has 0 radical (unpaired) electrons. The highest BCUT2D eigenvalue weighted by Gasteiger charge is 2.24. The lowest BCUT2D eigenvalue weighted by atomic mass is 10.1. The van der Waals surface area contributed by atoms with Gasteiger partial charge in [-0.1, -0.05) is 0 Å². The third kappa shape index (κ3) is 2.86. The Morgan fingerprint density at radius 3 is 2.89 bits per heavy atom. The molecule has 7 heteroatoms. The first kappa shape index (κ1) is 13.4. The summed E-state index contributed by atoms with van der Waals surface area (Å²) in [6, 6.07) is -0.435. The van der Waals surface area contributed by atoms with Crippen LogP contribution in [-0.4, -0.2) is 34.2 Å². The number of nitrogen functional groups attached to an aromatic ring is 1. The number of aromatic nitrogens is 2. The Labute approximate surface area is 111 Å². The number of rotatable bonds is 3. The second kappa shape index (κ2) is 5.29. The summed E-state index contributed by atoms with van der Waals surface area (Å²) in [4.78, 5) is 23.4. The van der Waals surface area contributed by atoms with Crippen molar-refractivity contribution >= 4 is 17.5 Å². The van der Waals surface area contributed by atoms with E-state index in [-0.39, 0.29) is 18.4 Å². The van der Waals surface area contributed by atoms with Gasteiger partial charge in [-0.05, 0) is 26.7 Å². The van der Waals surface area contributed by atoms with Crippen LogP contribution in [0.2, 0.25) is 0 Å². The third-order valence-corrected chi connectivity index (χ3v) is 3.35. The Kier molecular flexibility index (Phi) is 3.73. The topological polar surface area (TPSA) is 102 Å². The first-order valence-corrected chi connectivity index (χ1v) is 6.35. The van der Waals surface area contributed by atoms with Gasteiger partial charge >= 0.3 is 0 Å². The van der Waals surface area contributed by atoms with Crippen molar-refractivity contribution in [2.45, 2.75) is 39.3 Å². The first-order chi connectivity index (χ1) is 8.99. The molecule has 0 aliphatic carbocycles. The number of piperidine rings is 1. The smallest absolute Gasteiger partial charge is 0.242 e. The summed E-state index contributed by atoms with van der Waals surface area (Å²) in [5.74, 6) is -0.347. The van der Waals surface area contributed by atoms with E-state index < -0.39 is 6.04 Å². The van der Waals surface area contributed by atoms with Gasteiger partial charge in [0.05, 0.1) is 17.1 Å². The first-order valence-electron chi connectivity index (χ1n) is 6.35. The van der Waals surface area contributed by atoms with Gasteiger partial charge < -0.3 is 16.4 Å². The van der Waals surface area contributed by atoms with Gasteiger partial charge in [0.1, 0.15) is 12.6 Å². The van der Waals surface area contributed by atoms with Crippen LogP contribution in [0.15, 0.2) is 0 Å². The van der Waals surface area contributed by atoms with Gasteiger partial charge in [-0.15, -0.1) is 0 Å². The number of anilines is 1. The van der Waals surface area contributed by atoms with Crippen LogP contribution in [0.1, 0.15) is 24.2 Å². The molecule has 1 saturated heterocycles.